The van der Waals surface area contributed by atoms with Crippen molar-refractivity contribution in [1.82, 2.24) is 22.2 Å². The second-order valence-corrected chi connectivity index (χ2v) is 55.7. The summed E-state index contributed by atoms with van der Waals surface area (Å²) in [6.07, 6.45) is 10.6. The summed E-state index contributed by atoms with van der Waals surface area (Å²) >= 11 is 18.5. The second-order valence-electron chi connectivity index (χ2n) is 25.3. The van der Waals surface area contributed by atoms with E-state index in [-0.39, 0.29) is 161 Å². The number of hydrogen-bond donors (Lipinski definition) is 2. The van der Waals surface area contributed by atoms with E-state index in [9.17, 15) is 93.3 Å². The van der Waals surface area contributed by atoms with Gasteiger partial charge in [-0.3, -0.25) is 59.6 Å². The van der Waals surface area contributed by atoms with E-state index in [4.69, 9.17) is 34.5 Å². The van der Waals surface area contributed by atoms with Gasteiger partial charge in [-0.15, -0.1) is 6.58 Å². The maximum Gasteiger partial charge on any atom is 1.00 e. The van der Waals surface area contributed by atoms with Gasteiger partial charge in [0.25, 0.3) is 22.7 Å². The van der Waals surface area contributed by atoms with Gasteiger partial charge in [0, 0.05) is 228 Å². The molecule has 0 radical (unpaired) electrons. The number of carbonyl (C=O) groups is 4. The summed E-state index contributed by atoms with van der Waals surface area (Å²) in [7, 11) is 3.43. The molecule has 4 heterocycles. The number of anilines is 1. The van der Waals surface area contributed by atoms with Gasteiger partial charge < -0.3 is 40.0 Å². The number of nitro benzene ring substituents is 4. The molecule has 138 heavy (non-hydrogen) atoms. The van der Waals surface area contributed by atoms with Crippen molar-refractivity contribution in [3.63, 3.8) is 0 Å². The molecule has 6 aromatic carbocycles. The molecule has 2 unspecified atom stereocenters. The van der Waals surface area contributed by atoms with Crippen molar-refractivity contribution in [1.29, 1.82) is 0 Å². The molecule has 0 spiro atoms. The van der Waals surface area contributed by atoms with Crippen molar-refractivity contribution in [2.75, 3.05) is 38.6 Å². The van der Waals surface area contributed by atoms with Crippen LogP contribution in [-0.2, 0) is 256 Å². The van der Waals surface area contributed by atoms with Crippen molar-refractivity contribution in [3.05, 3.63) is 295 Å². The number of nitrogens with zero attached hydrogens (tertiary/aromatic N) is 9. The molecule has 10 rings (SSSR count). The third-order valence-corrected chi connectivity index (χ3v) is 48.9. The number of carbonyl (C=O) groups excluding carboxylic acids is 3. The Balaban J connectivity index is 0. The van der Waals surface area contributed by atoms with Crippen LogP contribution in [0.15, 0.2) is 257 Å². The summed E-state index contributed by atoms with van der Waals surface area (Å²) in [5.41, 5.74) is 6.98. The van der Waals surface area contributed by atoms with Gasteiger partial charge in [-0.25, -0.2) is 38.7 Å². The van der Waals surface area contributed by atoms with Gasteiger partial charge in [0.1, 0.15) is 42.4 Å². The standard InChI is InChI=1S/C23H26N2O7S.C21H22N2O7S.C14H16N2O6S.C12H12N2O6S.C6H8N2.3CH4.Li.H2O.S9.S8/c1-4-10-21(23(26)31-6-3)24(22(5-2)32-17-18-11-8-7-9-12-18)33(29,30)20-15-13-19(14-16-20)25(27)28;1-2-29-21(24)19-9-6-10-20(30-15-16-7-4-3-5-8-16)22(19)31(27,28)18-13-11-17(12-14-18)23(25)26;1-2-22-14(17)13-5-3-4-10-15(13)23(20,21)12-8-6-11(7-9-12)16(18)19;15-12(16)11-3-1-2-8-13(11)21(19,20)10-6-4-9(5-7-10)14(17)18;1-5-3-2-4-6(7)8-5;;;;;;1-3-5-7-9-8-6-4-2;1-3-5-7-8-6-4-2/h4-5,7-9,11-16,21-22H,1-2,6,10,17H2,3H3;3-8,10-14,19-20H,2,9,15H2,1H3;3-4,6-9,13H,2,5,10H2,1H3;1-2,4-7,11H,3,8H2,(H,15,16);2-4H,1H3,(H2,7,8);3*1H4;;1H2;;/q;;;;;;;;+1;;;/p-1/t21-,22?;19-,20?;13-;11-;;;;;;;;/m0000......../s1. The summed E-state index contributed by atoms with van der Waals surface area (Å²) in [5, 5.41) is 52.2. The van der Waals surface area contributed by atoms with Gasteiger partial charge in [0.2, 0.25) is 40.1 Å². The first-order valence-corrected chi connectivity index (χ1v) is 63.4. The molecule has 7 aromatic rings. The Bertz CT molecular complexity index is 6370. The van der Waals surface area contributed by atoms with Crippen LogP contribution >= 0.6 is 0 Å². The molecule has 3 aliphatic heterocycles. The number of nitrogen functional groups attached to an aromatic ring is 1. The zero-order chi connectivity index (χ0) is 98.7. The number of hydrogen-bond acceptors (Lipinski definition) is 32. The van der Waals surface area contributed by atoms with Crippen molar-refractivity contribution >= 4 is 253 Å². The molecule has 4 N–H and O–H groups in total. The molecule has 37 nitrogen and oxygen atoms in total. The maximum absolute atomic E-state index is 13.6. The van der Waals surface area contributed by atoms with Crippen LogP contribution in [0.4, 0.5) is 28.6 Å². The Morgan fingerprint density at radius 3 is 1.22 bits per heavy atom. The first-order valence-electron chi connectivity index (χ1n) is 37.6. The number of carboxylic acid groups (broad SMARTS) is 1. The fourth-order valence-corrected chi connectivity index (χ4v) is 42.2. The first kappa shape index (κ1) is 132. The summed E-state index contributed by atoms with van der Waals surface area (Å²) < 4.78 is 135. The largest absolute Gasteiger partial charge is 1.00 e. The quantitative estimate of drug-likeness (QED) is 0.00806. The third kappa shape index (κ3) is 44.0. The van der Waals surface area contributed by atoms with Crippen LogP contribution in [0.3, 0.4) is 0 Å². The zero-order valence-corrected chi connectivity index (χ0v) is 88.4. The van der Waals surface area contributed by atoms with Gasteiger partial charge in [-0.2, -0.15) is 17.2 Å². The number of non-ortho nitro benzene ring substituents is 4. The second kappa shape index (κ2) is 70.9. The molecular formula is C79H97LiN10O27S21. The van der Waals surface area contributed by atoms with Crippen molar-refractivity contribution in [2.45, 2.75) is 145 Å². The Morgan fingerprint density at radius 1 is 0.507 bits per heavy atom. The number of sulfonamides is 4. The molecule has 0 saturated carbocycles. The average Bonchev–Trinajstić information content (AvgIpc) is 0.767. The van der Waals surface area contributed by atoms with Gasteiger partial charge >= 0.3 is 42.7 Å². The summed E-state index contributed by atoms with van der Waals surface area (Å²) in [4.78, 5) is 92.2. The summed E-state index contributed by atoms with van der Waals surface area (Å²) in [6, 6.07) is 37.1. The van der Waals surface area contributed by atoms with E-state index in [0.29, 0.717) is 5.82 Å². The average molecular weight is 2300 g/mol. The van der Waals surface area contributed by atoms with Crippen LogP contribution in [0.25, 0.3) is 0 Å². The number of carboxylic acids is 1. The van der Waals surface area contributed by atoms with Crippen LogP contribution in [0, 0.1) is 47.4 Å². The smallest absolute Gasteiger partial charge is 0.870 e. The van der Waals surface area contributed by atoms with Crippen molar-refractivity contribution in [3.8, 4) is 0 Å². The van der Waals surface area contributed by atoms with Crippen LogP contribution in [0.1, 0.15) is 85.6 Å². The van der Waals surface area contributed by atoms with E-state index in [1.165, 1.54) is 47.7 Å². The molecule has 3 aliphatic rings. The van der Waals surface area contributed by atoms with Crippen LogP contribution in [0.5, 0.6) is 0 Å². The number of benzene rings is 6. The number of esters is 3. The number of aliphatic carboxylic acids is 1. The molecule has 1 aromatic heterocycles. The minimum absolute atomic E-state index is 0. The van der Waals surface area contributed by atoms with E-state index in [1.807, 2.05) is 79.7 Å². The molecule has 0 aliphatic carbocycles. The normalized spacial score (nSPS) is 14.8. The van der Waals surface area contributed by atoms with Crippen LogP contribution in [0.2, 0.25) is 0 Å². The number of aryl methyl sites for hydroxylation is 1. The van der Waals surface area contributed by atoms with Gasteiger partial charge in [0.05, 0.1) is 72.3 Å². The Labute approximate surface area is 869 Å². The molecule has 0 saturated heterocycles. The third-order valence-electron chi connectivity index (χ3n) is 16.9. The van der Waals surface area contributed by atoms with E-state index in [0.717, 1.165) is 131 Å². The van der Waals surface area contributed by atoms with Crippen molar-refractivity contribution in [2.24, 2.45) is 0 Å². The molecule has 0 fully saturated rings. The fraction of sp³-hybridized carbons (Fsp3) is 0.304. The van der Waals surface area contributed by atoms with Crippen LogP contribution in [-0.4, -0.2) is 180 Å². The molecule has 0 bridgehead atoms. The number of rotatable bonds is 30. The van der Waals surface area contributed by atoms with Gasteiger partial charge in [-0.05, 0) is 137 Å². The summed E-state index contributed by atoms with van der Waals surface area (Å²) in [6.45, 7) is 14.6. The maximum atomic E-state index is 13.6. The van der Waals surface area contributed by atoms with Gasteiger partial charge in [-0.1, -0.05) is 132 Å². The number of nitro groups is 4. The predicted octanol–water partition coefficient (Wildman–Crippen LogP) is 8.98. The number of nitrogens with two attached hydrogens (primary N) is 1. The minimum atomic E-state index is -4.38. The first-order chi connectivity index (χ1) is 63.4. The number of pyridine rings is 1. The predicted molar refractivity (Wildman–Crippen MR) is 568 cm³/mol. The van der Waals surface area contributed by atoms with E-state index in [2.05, 4.69) is 62.9 Å². The topological polar surface area (TPSA) is 526 Å². The molecule has 6 atom stereocenters. The number of ether oxygens (including phenoxy) is 5. The van der Waals surface area contributed by atoms with E-state index < -0.39 is 120 Å². The van der Waals surface area contributed by atoms with Gasteiger partial charge in [0.15, 0.2) is 0 Å². The SMILES string of the molecule is C.C.C.C=CC[C@@H](C(=O)OCC)N(C(C=C)OCc1ccccc1)S(=O)(=O)c1ccc([N+](=O)[O-])cc1.CCOC(=O)[C@@H]1CC=CC(OCc2ccccc2)N1S(=O)(=O)c1ccc([N+](=O)[O-])cc1.CCOC(=O)[C@@H]1CC=CCN1S(=O)(=O)c1ccc([N+](=O)[O-])cc1.Cc1cccc(N)n1.O=C(O)[C@@H]1CC=CCN1S(=O)(=O)c1ccc([N+](=O)[O-])cc1.S=S=S=S=S=S=S=S.S=S=S=S=S=S=S=S=S.[Li+].[OH-]. The van der Waals surface area contributed by atoms with Crippen LogP contribution < -0.4 is 24.6 Å². The zero-order valence-electron chi connectivity index (χ0n) is 71.3. The Kier molecular flexibility index (Phi) is 68.0. The monoisotopic (exact) mass is 2300 g/mol. The fourth-order valence-electron chi connectivity index (χ4n) is 11.1. The van der Waals surface area contributed by atoms with E-state index >= 15 is 0 Å². The Morgan fingerprint density at radius 2 is 0.870 bits per heavy atom. The Hall–Kier alpha value is -7.69. The molecule has 59 heteroatoms. The van der Waals surface area contributed by atoms with E-state index in [1.54, 1.807) is 143 Å². The minimum Gasteiger partial charge on any atom is -0.870 e. The molecular weight excluding hydrogens is 2200 g/mol. The summed E-state index contributed by atoms with van der Waals surface area (Å²) in [5.74, 6) is -2.72. The molecule has 752 valence electrons. The number of aromatic nitrogens is 1. The van der Waals surface area contributed by atoms with Crippen molar-refractivity contribution < 1.29 is 126 Å². The molecule has 0 amide bonds.